The zero-order chi connectivity index (χ0) is 17.6. The molecule has 1 atom stereocenters. The minimum absolute atomic E-state index is 0.0940. The quantitative estimate of drug-likeness (QED) is 0.695. The Morgan fingerprint density at radius 2 is 1.88 bits per heavy atom. The maximum Gasteiger partial charge on any atom is 0.330 e. The number of carbonyl (C=O) groups is 1. The summed E-state index contributed by atoms with van der Waals surface area (Å²) in [6.07, 6.45) is 0.252. The third kappa shape index (κ3) is 2.53. The van der Waals surface area contributed by atoms with Crippen LogP contribution in [0.1, 0.15) is 6.42 Å². The van der Waals surface area contributed by atoms with E-state index in [0.717, 1.165) is 4.57 Å². The van der Waals surface area contributed by atoms with Crippen molar-refractivity contribution in [1.29, 1.82) is 0 Å². The molecule has 1 aromatic heterocycles. The summed E-state index contributed by atoms with van der Waals surface area (Å²) >= 11 is 0. The third-order valence-corrected chi connectivity index (χ3v) is 5.45. The van der Waals surface area contributed by atoms with E-state index in [1.807, 2.05) is 0 Å². The molecule has 0 radical (unpaired) electrons. The molecule has 2 heterocycles. The lowest BCUT2D eigenvalue weighted by Gasteiger charge is -2.12. The maximum absolute atomic E-state index is 12.4. The Kier molecular flexibility index (Phi) is 3.80. The molecule has 1 fully saturated rings. The van der Waals surface area contributed by atoms with E-state index in [9.17, 15) is 22.8 Å². The summed E-state index contributed by atoms with van der Waals surface area (Å²) in [5.74, 6) is -0.627. The number of ether oxygens (including phenoxy) is 1. The van der Waals surface area contributed by atoms with E-state index in [1.165, 1.54) is 36.9 Å². The van der Waals surface area contributed by atoms with Gasteiger partial charge in [0.25, 0.3) is 5.56 Å². The second kappa shape index (κ2) is 5.56. The van der Waals surface area contributed by atoms with Crippen molar-refractivity contribution in [3.63, 3.8) is 0 Å². The summed E-state index contributed by atoms with van der Waals surface area (Å²) in [6.45, 7) is 0.159. The average Bonchev–Trinajstić information content (AvgIpc) is 2.94. The van der Waals surface area contributed by atoms with E-state index in [2.05, 4.69) is 4.72 Å². The highest BCUT2D eigenvalue weighted by molar-refractivity contribution is 7.89. The first-order valence-corrected chi connectivity index (χ1v) is 8.59. The Labute approximate surface area is 136 Å². The molecule has 10 heteroatoms. The number of hydrogen-bond acceptors (Lipinski definition) is 6. The summed E-state index contributed by atoms with van der Waals surface area (Å²) in [5, 5.41) is 0.0940. The topological polar surface area (TPSA) is 116 Å². The van der Waals surface area contributed by atoms with Crippen molar-refractivity contribution in [2.45, 2.75) is 17.4 Å². The maximum atomic E-state index is 12.4. The van der Waals surface area contributed by atoms with Crippen molar-refractivity contribution in [3.8, 4) is 0 Å². The number of hydrogen-bond donors (Lipinski definition) is 1. The van der Waals surface area contributed by atoms with E-state index in [1.54, 1.807) is 0 Å². The normalized spacial score (nSPS) is 18.1. The van der Waals surface area contributed by atoms with Crippen LogP contribution in [0.15, 0.2) is 32.7 Å². The molecule has 3 rings (SSSR count). The van der Waals surface area contributed by atoms with Gasteiger partial charge >= 0.3 is 11.7 Å². The number of fused-ring (bicyclic) bond motifs is 1. The largest absolute Gasteiger partial charge is 0.464 e. The number of carbonyl (C=O) groups excluding carboxylic acids is 1. The number of aryl methyl sites for hydroxylation is 1. The second-order valence-electron chi connectivity index (χ2n) is 5.51. The van der Waals surface area contributed by atoms with Crippen molar-refractivity contribution in [2.75, 3.05) is 6.61 Å². The molecular weight excluding hydrogens is 338 g/mol. The molecular formula is C14H15N3O6S. The summed E-state index contributed by atoms with van der Waals surface area (Å²) < 4.78 is 34.0. The third-order valence-electron chi connectivity index (χ3n) is 3.98. The fraction of sp³-hybridized carbons (Fsp3) is 0.357. The number of sulfonamides is 1. The van der Waals surface area contributed by atoms with Crippen molar-refractivity contribution in [1.82, 2.24) is 13.9 Å². The van der Waals surface area contributed by atoms with Gasteiger partial charge in [-0.05, 0) is 18.2 Å². The van der Waals surface area contributed by atoms with E-state index in [4.69, 9.17) is 4.74 Å². The van der Waals surface area contributed by atoms with Gasteiger partial charge in [0.2, 0.25) is 10.0 Å². The van der Waals surface area contributed by atoms with Crippen molar-refractivity contribution in [3.05, 3.63) is 39.0 Å². The number of nitrogens with zero attached hydrogens (tertiary/aromatic N) is 2. The van der Waals surface area contributed by atoms with Crippen LogP contribution in [0, 0.1) is 0 Å². The van der Waals surface area contributed by atoms with Gasteiger partial charge in [0.1, 0.15) is 6.04 Å². The zero-order valence-electron chi connectivity index (χ0n) is 13.0. The van der Waals surface area contributed by atoms with Gasteiger partial charge in [-0.3, -0.25) is 18.7 Å². The van der Waals surface area contributed by atoms with Crippen LogP contribution < -0.4 is 16.0 Å². The van der Waals surface area contributed by atoms with Gasteiger partial charge in [0.15, 0.2) is 0 Å². The monoisotopic (exact) mass is 353 g/mol. The lowest BCUT2D eigenvalue weighted by Crippen LogP contribution is -2.38. The molecule has 1 aliphatic heterocycles. The molecule has 0 spiro atoms. The molecule has 1 N–H and O–H groups in total. The first kappa shape index (κ1) is 16.4. The van der Waals surface area contributed by atoms with E-state index in [0.29, 0.717) is 5.52 Å². The Bertz CT molecular complexity index is 1070. The minimum Gasteiger partial charge on any atom is -0.464 e. The number of aromatic nitrogens is 2. The van der Waals surface area contributed by atoms with Gasteiger partial charge in [-0.15, -0.1) is 0 Å². The molecule has 0 amide bonds. The fourth-order valence-corrected chi connectivity index (χ4v) is 3.84. The molecule has 0 aliphatic carbocycles. The lowest BCUT2D eigenvalue weighted by atomic mass is 10.2. The van der Waals surface area contributed by atoms with Crippen LogP contribution in [0.5, 0.6) is 0 Å². The average molecular weight is 353 g/mol. The molecule has 1 aromatic carbocycles. The highest BCUT2D eigenvalue weighted by atomic mass is 32.2. The Morgan fingerprint density at radius 3 is 2.50 bits per heavy atom. The van der Waals surface area contributed by atoms with E-state index >= 15 is 0 Å². The van der Waals surface area contributed by atoms with E-state index in [-0.39, 0.29) is 23.3 Å². The van der Waals surface area contributed by atoms with Crippen LogP contribution in [-0.2, 0) is 33.7 Å². The van der Waals surface area contributed by atoms with Crippen molar-refractivity contribution in [2.24, 2.45) is 14.1 Å². The molecule has 2 aromatic rings. The van der Waals surface area contributed by atoms with Gasteiger partial charge in [0.05, 0.1) is 22.4 Å². The van der Waals surface area contributed by atoms with Crippen molar-refractivity contribution < 1.29 is 17.9 Å². The minimum atomic E-state index is -4.01. The number of benzene rings is 1. The van der Waals surface area contributed by atoms with Crippen LogP contribution in [-0.4, -0.2) is 36.2 Å². The summed E-state index contributed by atoms with van der Waals surface area (Å²) in [7, 11) is -1.20. The van der Waals surface area contributed by atoms with Crippen LogP contribution in [0.4, 0.5) is 0 Å². The summed E-state index contributed by atoms with van der Waals surface area (Å²) in [4.78, 5) is 35.4. The standard InChI is InChI=1S/C14H15N3O6S/c1-16-11-4-3-8(7-9(11)12(18)17(2)14(16)20)24(21,22)15-10-5-6-23-13(10)19/h3-4,7,10,15H,5-6H2,1-2H3/t10-/m0/s1. The lowest BCUT2D eigenvalue weighted by molar-refractivity contribution is -0.139. The molecule has 0 unspecified atom stereocenters. The second-order valence-corrected chi connectivity index (χ2v) is 7.23. The number of cyclic esters (lactones) is 1. The van der Waals surface area contributed by atoms with Gasteiger partial charge in [-0.2, -0.15) is 4.72 Å². The summed E-state index contributed by atoms with van der Waals surface area (Å²) in [5.41, 5.74) is -0.775. The molecule has 128 valence electrons. The van der Waals surface area contributed by atoms with Gasteiger partial charge < -0.3 is 4.74 Å². The molecule has 1 saturated heterocycles. The number of nitrogens with one attached hydrogen (secondary N) is 1. The van der Waals surface area contributed by atoms with Crippen LogP contribution in [0.25, 0.3) is 10.9 Å². The number of rotatable bonds is 3. The van der Waals surface area contributed by atoms with Gasteiger partial charge in [0, 0.05) is 20.5 Å². The molecule has 0 bridgehead atoms. The van der Waals surface area contributed by atoms with Crippen LogP contribution >= 0.6 is 0 Å². The molecule has 9 nitrogen and oxygen atoms in total. The van der Waals surface area contributed by atoms with Crippen LogP contribution in [0.2, 0.25) is 0 Å². The highest BCUT2D eigenvalue weighted by Crippen LogP contribution is 2.17. The Balaban J connectivity index is 2.12. The smallest absolute Gasteiger partial charge is 0.330 e. The van der Waals surface area contributed by atoms with Gasteiger partial charge in [-0.25, -0.2) is 13.2 Å². The number of esters is 1. The highest BCUT2D eigenvalue weighted by Gasteiger charge is 2.31. The predicted octanol–water partition coefficient (Wildman–Crippen LogP) is -1.17. The Hall–Kier alpha value is -2.46. The summed E-state index contributed by atoms with van der Waals surface area (Å²) in [6, 6.07) is 2.93. The fourth-order valence-electron chi connectivity index (χ4n) is 2.60. The molecule has 1 aliphatic rings. The molecule has 0 saturated carbocycles. The van der Waals surface area contributed by atoms with Crippen molar-refractivity contribution >= 4 is 26.9 Å². The van der Waals surface area contributed by atoms with E-state index < -0.39 is 33.3 Å². The SMILES string of the molecule is Cn1c(=O)c2cc(S(=O)(=O)N[C@H]3CCOC3=O)ccc2n(C)c1=O. The molecule has 24 heavy (non-hydrogen) atoms. The first-order chi connectivity index (χ1) is 11.2. The first-order valence-electron chi connectivity index (χ1n) is 7.11. The predicted molar refractivity (Wildman–Crippen MR) is 84.1 cm³/mol. The zero-order valence-corrected chi connectivity index (χ0v) is 13.8. The van der Waals surface area contributed by atoms with Crippen LogP contribution in [0.3, 0.4) is 0 Å². The van der Waals surface area contributed by atoms with Gasteiger partial charge in [-0.1, -0.05) is 0 Å². The Morgan fingerprint density at radius 1 is 1.17 bits per heavy atom.